The Morgan fingerprint density at radius 3 is 3.00 bits per heavy atom. The number of methoxy groups -OCH3 is 1. The number of ether oxygens (including phenoxy) is 1. The lowest BCUT2D eigenvalue weighted by atomic mass is 10.2. The number of hydrogen-bond acceptors (Lipinski definition) is 4. The van der Waals surface area contributed by atoms with Gasteiger partial charge in [-0.1, -0.05) is 5.21 Å². The molecular formula is C11H16N4O. The molecule has 1 aromatic heterocycles. The molecule has 5 heteroatoms. The van der Waals surface area contributed by atoms with Gasteiger partial charge in [0.2, 0.25) is 0 Å². The molecule has 0 bridgehead atoms. The zero-order chi connectivity index (χ0) is 11.4. The summed E-state index contributed by atoms with van der Waals surface area (Å²) in [7, 11) is 1.70. The van der Waals surface area contributed by atoms with Gasteiger partial charge in [-0.3, -0.25) is 0 Å². The predicted molar refractivity (Wildman–Crippen MR) is 57.8 cm³/mol. The maximum atomic E-state index is 8.72. The van der Waals surface area contributed by atoms with Gasteiger partial charge in [-0.25, -0.2) is 4.68 Å². The molecule has 0 radical (unpaired) electrons. The van der Waals surface area contributed by atoms with Crippen LogP contribution in [-0.2, 0) is 17.7 Å². The average molecular weight is 220 g/mol. The van der Waals surface area contributed by atoms with Crippen LogP contribution in [0.15, 0.2) is 0 Å². The molecule has 2 rings (SSSR count). The van der Waals surface area contributed by atoms with Gasteiger partial charge in [-0.2, -0.15) is 5.26 Å². The summed E-state index contributed by atoms with van der Waals surface area (Å²) in [6.07, 6.45) is 3.72. The molecule has 1 fully saturated rings. The number of nitriles is 1. The van der Waals surface area contributed by atoms with E-state index < -0.39 is 0 Å². The second-order valence-corrected chi connectivity index (χ2v) is 4.10. The molecule has 0 aromatic carbocycles. The zero-order valence-electron chi connectivity index (χ0n) is 9.52. The first-order chi connectivity index (χ1) is 7.86. The summed E-state index contributed by atoms with van der Waals surface area (Å²) in [4.78, 5) is 0. The normalized spacial score (nSPS) is 15.0. The molecule has 5 nitrogen and oxygen atoms in total. The lowest BCUT2D eigenvalue weighted by Crippen LogP contribution is -2.07. The molecule has 0 amide bonds. The Labute approximate surface area is 95.0 Å². The van der Waals surface area contributed by atoms with Gasteiger partial charge < -0.3 is 4.74 Å². The Hall–Kier alpha value is -1.41. The van der Waals surface area contributed by atoms with E-state index in [9.17, 15) is 0 Å². The number of rotatable bonds is 6. The van der Waals surface area contributed by atoms with Crippen LogP contribution in [0.3, 0.4) is 0 Å². The van der Waals surface area contributed by atoms with Gasteiger partial charge in [0.25, 0.3) is 0 Å². The first-order valence-electron chi connectivity index (χ1n) is 5.65. The van der Waals surface area contributed by atoms with Crippen molar-refractivity contribution in [1.29, 1.82) is 5.26 Å². The van der Waals surface area contributed by atoms with E-state index in [1.807, 2.05) is 4.68 Å². The van der Waals surface area contributed by atoms with Crippen molar-refractivity contribution < 1.29 is 4.74 Å². The van der Waals surface area contributed by atoms with Crippen molar-refractivity contribution >= 4 is 0 Å². The maximum Gasteiger partial charge on any atom is 0.100 e. The third-order valence-corrected chi connectivity index (χ3v) is 2.78. The van der Waals surface area contributed by atoms with E-state index in [4.69, 9.17) is 10.00 Å². The van der Waals surface area contributed by atoms with Gasteiger partial charge in [0.05, 0.1) is 18.2 Å². The molecule has 0 aliphatic heterocycles. The van der Waals surface area contributed by atoms with Gasteiger partial charge in [0.1, 0.15) is 5.69 Å². The van der Waals surface area contributed by atoms with E-state index in [2.05, 4.69) is 16.4 Å². The first kappa shape index (κ1) is 11.1. The van der Waals surface area contributed by atoms with E-state index in [-0.39, 0.29) is 0 Å². The highest BCUT2D eigenvalue weighted by Crippen LogP contribution is 2.41. The molecule has 0 spiro atoms. The van der Waals surface area contributed by atoms with Crippen molar-refractivity contribution in [3.8, 4) is 6.07 Å². The van der Waals surface area contributed by atoms with Gasteiger partial charge in [0, 0.05) is 26.2 Å². The second kappa shape index (κ2) is 5.08. The molecular weight excluding hydrogens is 204 g/mol. The average Bonchev–Trinajstić information content (AvgIpc) is 3.04. The Kier molecular flexibility index (Phi) is 3.52. The third kappa shape index (κ3) is 2.39. The van der Waals surface area contributed by atoms with Crippen molar-refractivity contribution in [3.05, 3.63) is 11.4 Å². The minimum absolute atomic E-state index is 0.371. The van der Waals surface area contributed by atoms with Crippen LogP contribution in [0, 0.1) is 11.3 Å². The molecule has 86 valence electrons. The van der Waals surface area contributed by atoms with E-state index in [1.165, 1.54) is 18.5 Å². The molecule has 1 aliphatic rings. The molecule has 0 atom stereocenters. The summed E-state index contributed by atoms with van der Waals surface area (Å²) < 4.78 is 6.97. The summed E-state index contributed by atoms with van der Waals surface area (Å²) in [5.74, 6) is 0.584. The monoisotopic (exact) mass is 220 g/mol. The fourth-order valence-electron chi connectivity index (χ4n) is 1.88. The van der Waals surface area contributed by atoms with Gasteiger partial charge in [0.15, 0.2) is 0 Å². The SMILES string of the molecule is COCCCn1nnc(CC#N)c1C1CC1. The Morgan fingerprint density at radius 2 is 2.38 bits per heavy atom. The van der Waals surface area contributed by atoms with Crippen LogP contribution >= 0.6 is 0 Å². The Balaban J connectivity index is 2.08. The highest BCUT2D eigenvalue weighted by atomic mass is 16.5. The van der Waals surface area contributed by atoms with Crippen LogP contribution in [0.5, 0.6) is 0 Å². The first-order valence-corrected chi connectivity index (χ1v) is 5.65. The highest BCUT2D eigenvalue weighted by Gasteiger charge is 2.30. The van der Waals surface area contributed by atoms with Crippen molar-refractivity contribution in [1.82, 2.24) is 15.0 Å². The summed E-state index contributed by atoms with van der Waals surface area (Å²) >= 11 is 0. The summed E-state index contributed by atoms with van der Waals surface area (Å²) in [5, 5.41) is 16.9. The highest BCUT2D eigenvalue weighted by molar-refractivity contribution is 5.22. The van der Waals surface area contributed by atoms with E-state index in [1.54, 1.807) is 7.11 Å². The molecule has 1 aliphatic carbocycles. The van der Waals surface area contributed by atoms with Gasteiger partial charge >= 0.3 is 0 Å². The second-order valence-electron chi connectivity index (χ2n) is 4.10. The zero-order valence-corrected chi connectivity index (χ0v) is 9.52. The van der Waals surface area contributed by atoms with Crippen molar-refractivity contribution in [2.24, 2.45) is 0 Å². The minimum atomic E-state index is 0.371. The molecule has 1 aromatic rings. The molecule has 0 unspecified atom stereocenters. The number of hydrogen-bond donors (Lipinski definition) is 0. The van der Waals surface area contributed by atoms with Crippen LogP contribution in [0.2, 0.25) is 0 Å². The standard InChI is InChI=1S/C11H16N4O/c1-16-8-2-7-15-11(9-3-4-9)10(5-6-12)13-14-15/h9H,2-5,7-8H2,1H3. The third-order valence-electron chi connectivity index (χ3n) is 2.78. The fraction of sp³-hybridized carbons (Fsp3) is 0.727. The van der Waals surface area contributed by atoms with Crippen LogP contribution < -0.4 is 0 Å². The lowest BCUT2D eigenvalue weighted by molar-refractivity contribution is 0.188. The maximum absolute atomic E-state index is 8.72. The minimum Gasteiger partial charge on any atom is -0.385 e. The fourth-order valence-corrected chi connectivity index (χ4v) is 1.88. The Bertz CT molecular complexity index is 389. The van der Waals surface area contributed by atoms with Crippen LogP contribution in [0.4, 0.5) is 0 Å². The molecule has 0 saturated heterocycles. The van der Waals surface area contributed by atoms with Crippen molar-refractivity contribution in [2.45, 2.75) is 38.1 Å². The predicted octanol–water partition coefficient (Wildman–Crippen LogP) is 1.26. The molecule has 1 heterocycles. The van der Waals surface area contributed by atoms with Crippen molar-refractivity contribution in [2.75, 3.05) is 13.7 Å². The summed E-state index contributed by atoms with van der Waals surface area (Å²) in [6, 6.07) is 2.15. The number of aryl methyl sites for hydroxylation is 1. The van der Waals surface area contributed by atoms with E-state index >= 15 is 0 Å². The van der Waals surface area contributed by atoms with Crippen LogP contribution in [0.1, 0.15) is 36.6 Å². The Morgan fingerprint density at radius 1 is 1.56 bits per heavy atom. The number of aromatic nitrogens is 3. The molecule has 16 heavy (non-hydrogen) atoms. The largest absolute Gasteiger partial charge is 0.385 e. The quantitative estimate of drug-likeness (QED) is 0.677. The van der Waals surface area contributed by atoms with Crippen LogP contribution in [0.25, 0.3) is 0 Å². The smallest absolute Gasteiger partial charge is 0.100 e. The molecule has 1 saturated carbocycles. The summed E-state index contributed by atoms with van der Waals surface area (Å²) in [5.41, 5.74) is 2.04. The summed E-state index contributed by atoms with van der Waals surface area (Å²) in [6.45, 7) is 1.57. The van der Waals surface area contributed by atoms with Crippen molar-refractivity contribution in [3.63, 3.8) is 0 Å². The van der Waals surface area contributed by atoms with E-state index in [0.717, 1.165) is 25.3 Å². The van der Waals surface area contributed by atoms with E-state index in [0.29, 0.717) is 12.3 Å². The lowest BCUT2D eigenvalue weighted by Gasteiger charge is -2.05. The molecule has 0 N–H and O–H groups in total. The van der Waals surface area contributed by atoms with Gasteiger partial charge in [-0.05, 0) is 19.3 Å². The topological polar surface area (TPSA) is 63.7 Å². The number of nitrogens with zero attached hydrogens (tertiary/aromatic N) is 4. The van der Waals surface area contributed by atoms with Gasteiger partial charge in [-0.15, -0.1) is 5.10 Å². The van der Waals surface area contributed by atoms with Crippen LogP contribution in [-0.4, -0.2) is 28.7 Å².